The van der Waals surface area contributed by atoms with E-state index in [9.17, 15) is 24.0 Å². The van der Waals surface area contributed by atoms with Crippen LogP contribution in [0.2, 0.25) is 0 Å². The van der Waals surface area contributed by atoms with Crippen LogP contribution in [0.1, 0.15) is 47.1 Å². The summed E-state index contributed by atoms with van der Waals surface area (Å²) < 4.78 is 7.00. The highest BCUT2D eigenvalue weighted by Gasteiger charge is 2.23. The molecule has 2 aromatic rings. The molecule has 0 unspecified atom stereocenters. The number of nitrogens with one attached hydrogen (secondary N) is 1. The summed E-state index contributed by atoms with van der Waals surface area (Å²) in [6.45, 7) is 4.97. The molecule has 1 amide bonds. The number of hydrogen-bond donors (Lipinski definition) is 2. The molecule has 0 fully saturated rings. The van der Waals surface area contributed by atoms with Crippen LogP contribution in [-0.2, 0) is 29.7 Å². The summed E-state index contributed by atoms with van der Waals surface area (Å²) in [5.74, 6) is -1.93. The van der Waals surface area contributed by atoms with Gasteiger partial charge < -0.3 is 15.8 Å². The van der Waals surface area contributed by atoms with E-state index in [2.05, 4.69) is 5.32 Å². The van der Waals surface area contributed by atoms with Gasteiger partial charge in [-0.15, -0.1) is 0 Å². The number of esters is 1. The van der Waals surface area contributed by atoms with Gasteiger partial charge in [0.2, 0.25) is 11.7 Å². The number of anilines is 1. The van der Waals surface area contributed by atoms with Gasteiger partial charge in [-0.05, 0) is 23.6 Å². The Balaban J connectivity index is 2.16. The molecule has 3 N–H and O–H groups in total. The quantitative estimate of drug-likeness (QED) is 0.457. The molecule has 166 valence electrons. The Bertz CT molecular complexity index is 1110. The van der Waals surface area contributed by atoms with Gasteiger partial charge in [0.1, 0.15) is 11.4 Å². The Labute approximate surface area is 178 Å². The van der Waals surface area contributed by atoms with E-state index in [0.29, 0.717) is 6.54 Å². The van der Waals surface area contributed by atoms with Gasteiger partial charge in [-0.1, -0.05) is 26.0 Å². The lowest BCUT2D eigenvalue weighted by molar-refractivity contribution is -0.119. The number of carbonyl (C=O) groups excluding carboxylic acids is 3. The molecule has 0 bridgehead atoms. The summed E-state index contributed by atoms with van der Waals surface area (Å²) in [4.78, 5) is 60.5. The van der Waals surface area contributed by atoms with E-state index in [1.807, 2.05) is 13.8 Å². The topological polar surface area (TPSA) is 142 Å². The van der Waals surface area contributed by atoms with Crippen molar-refractivity contribution in [1.29, 1.82) is 0 Å². The van der Waals surface area contributed by atoms with Crippen LogP contribution in [0.15, 0.2) is 33.9 Å². The van der Waals surface area contributed by atoms with E-state index in [1.165, 1.54) is 26.1 Å². The Morgan fingerprint density at radius 3 is 2.29 bits per heavy atom. The first-order valence-electron chi connectivity index (χ1n) is 9.65. The molecule has 1 aromatic carbocycles. The molecule has 0 spiro atoms. The second-order valence-electron chi connectivity index (χ2n) is 7.52. The van der Waals surface area contributed by atoms with Crippen LogP contribution < -0.4 is 22.3 Å². The normalized spacial score (nSPS) is 10.7. The highest BCUT2D eigenvalue weighted by atomic mass is 16.5. The molecule has 0 radical (unpaired) electrons. The predicted octanol–water partition coefficient (Wildman–Crippen LogP) is 0.461. The summed E-state index contributed by atoms with van der Waals surface area (Å²) in [5, 5.41) is 2.64. The molecule has 0 aliphatic heterocycles. The van der Waals surface area contributed by atoms with E-state index in [0.717, 1.165) is 14.7 Å². The molecule has 0 atom stereocenters. The number of nitrogens with zero attached hydrogens (tertiary/aromatic N) is 2. The zero-order chi connectivity index (χ0) is 23.3. The Kier molecular flexibility index (Phi) is 7.51. The standard InChI is InChI=1S/C21H26N4O6/c1-12(2)10-25-18(22)17(19(28)24(4)21(25)30)16(27)11-31-20(29)15-7-5-14(6-8-15)9-23-13(3)26/h5-8,12H,9-11,22H2,1-4H3,(H,23,26). The summed E-state index contributed by atoms with van der Waals surface area (Å²) in [5.41, 5.74) is 5.08. The maximum absolute atomic E-state index is 12.6. The fourth-order valence-electron chi connectivity index (χ4n) is 2.86. The molecular weight excluding hydrogens is 404 g/mol. The average Bonchev–Trinajstić information content (AvgIpc) is 2.72. The average molecular weight is 430 g/mol. The zero-order valence-corrected chi connectivity index (χ0v) is 17.9. The van der Waals surface area contributed by atoms with Gasteiger partial charge in [0, 0.05) is 27.1 Å². The molecule has 0 aliphatic carbocycles. The van der Waals surface area contributed by atoms with Gasteiger partial charge in [0.25, 0.3) is 5.56 Å². The van der Waals surface area contributed by atoms with Gasteiger partial charge in [-0.3, -0.25) is 23.5 Å². The molecule has 0 saturated heterocycles. The van der Waals surface area contributed by atoms with E-state index in [-0.39, 0.29) is 35.3 Å². The summed E-state index contributed by atoms with van der Waals surface area (Å²) >= 11 is 0. The molecule has 10 heteroatoms. The maximum Gasteiger partial charge on any atom is 0.338 e. The number of Topliss-reactive ketones (excluding diaryl/α,β-unsaturated/α-hetero) is 1. The van der Waals surface area contributed by atoms with Gasteiger partial charge >= 0.3 is 11.7 Å². The second kappa shape index (κ2) is 9.88. The SMILES string of the molecule is CC(=O)NCc1ccc(C(=O)OCC(=O)c2c(N)n(CC(C)C)c(=O)n(C)c2=O)cc1. The first-order chi connectivity index (χ1) is 14.5. The van der Waals surface area contributed by atoms with Gasteiger partial charge in [0.05, 0.1) is 5.56 Å². The van der Waals surface area contributed by atoms with Crippen LogP contribution in [0.5, 0.6) is 0 Å². The maximum atomic E-state index is 12.6. The number of carbonyl (C=O) groups is 3. The van der Waals surface area contributed by atoms with E-state index in [4.69, 9.17) is 10.5 Å². The number of rotatable bonds is 8. The van der Waals surface area contributed by atoms with E-state index >= 15 is 0 Å². The summed E-state index contributed by atoms with van der Waals surface area (Å²) in [7, 11) is 1.26. The van der Waals surface area contributed by atoms with Crippen molar-refractivity contribution in [2.75, 3.05) is 12.3 Å². The minimum atomic E-state index is -0.842. The molecule has 31 heavy (non-hydrogen) atoms. The number of nitrogens with two attached hydrogens (primary N) is 1. The smallest absolute Gasteiger partial charge is 0.338 e. The predicted molar refractivity (Wildman–Crippen MR) is 114 cm³/mol. The lowest BCUT2D eigenvalue weighted by atomic mass is 10.1. The number of nitrogen functional groups attached to an aromatic ring is 1. The van der Waals surface area contributed by atoms with Gasteiger partial charge in [0.15, 0.2) is 6.61 Å². The third-order valence-electron chi connectivity index (χ3n) is 4.48. The number of aromatic nitrogens is 2. The number of benzene rings is 1. The lowest BCUT2D eigenvalue weighted by Crippen LogP contribution is -2.43. The number of ether oxygens (including phenoxy) is 1. The molecule has 1 aromatic heterocycles. The summed E-state index contributed by atoms with van der Waals surface area (Å²) in [6.07, 6.45) is 0. The fraction of sp³-hybridized carbons (Fsp3) is 0.381. The van der Waals surface area contributed by atoms with Crippen LogP contribution in [0, 0.1) is 5.92 Å². The van der Waals surface area contributed by atoms with Crippen molar-refractivity contribution < 1.29 is 19.1 Å². The van der Waals surface area contributed by atoms with Gasteiger partial charge in [-0.25, -0.2) is 9.59 Å². The minimum absolute atomic E-state index is 0.0481. The van der Waals surface area contributed by atoms with Crippen LogP contribution in [0.25, 0.3) is 0 Å². The highest BCUT2D eigenvalue weighted by molar-refractivity contribution is 6.02. The van der Waals surface area contributed by atoms with Crippen molar-refractivity contribution in [2.45, 2.75) is 33.9 Å². The van der Waals surface area contributed by atoms with Crippen molar-refractivity contribution in [1.82, 2.24) is 14.5 Å². The third-order valence-corrected chi connectivity index (χ3v) is 4.48. The van der Waals surface area contributed by atoms with Crippen molar-refractivity contribution in [2.24, 2.45) is 13.0 Å². The van der Waals surface area contributed by atoms with E-state index in [1.54, 1.807) is 12.1 Å². The third kappa shape index (κ3) is 5.68. The molecule has 10 nitrogen and oxygen atoms in total. The Morgan fingerprint density at radius 1 is 1.13 bits per heavy atom. The molecule has 0 aliphatic rings. The highest BCUT2D eigenvalue weighted by Crippen LogP contribution is 2.10. The van der Waals surface area contributed by atoms with Crippen molar-refractivity contribution >= 4 is 23.5 Å². The second-order valence-corrected chi connectivity index (χ2v) is 7.52. The molecule has 1 heterocycles. The van der Waals surface area contributed by atoms with Crippen LogP contribution in [0.3, 0.4) is 0 Å². The number of hydrogen-bond acceptors (Lipinski definition) is 7. The van der Waals surface area contributed by atoms with Crippen LogP contribution >= 0.6 is 0 Å². The zero-order valence-electron chi connectivity index (χ0n) is 17.9. The molecular formula is C21H26N4O6. The number of amides is 1. The molecule has 0 saturated carbocycles. The van der Waals surface area contributed by atoms with Crippen LogP contribution in [0.4, 0.5) is 5.82 Å². The van der Waals surface area contributed by atoms with Crippen molar-refractivity contribution in [3.63, 3.8) is 0 Å². The summed E-state index contributed by atoms with van der Waals surface area (Å²) in [6, 6.07) is 6.29. The fourth-order valence-corrected chi connectivity index (χ4v) is 2.86. The minimum Gasteiger partial charge on any atom is -0.454 e. The Hall–Kier alpha value is -3.69. The first-order valence-corrected chi connectivity index (χ1v) is 9.65. The van der Waals surface area contributed by atoms with Crippen molar-refractivity contribution in [3.05, 3.63) is 61.8 Å². The van der Waals surface area contributed by atoms with E-state index < -0.39 is 29.6 Å². The number of ketones is 1. The Morgan fingerprint density at radius 2 is 1.74 bits per heavy atom. The largest absolute Gasteiger partial charge is 0.454 e. The van der Waals surface area contributed by atoms with Crippen molar-refractivity contribution in [3.8, 4) is 0 Å². The van der Waals surface area contributed by atoms with Crippen LogP contribution in [-0.4, -0.2) is 33.4 Å². The monoisotopic (exact) mass is 430 g/mol. The molecule has 2 rings (SSSR count). The first kappa shape index (κ1) is 23.6. The lowest BCUT2D eigenvalue weighted by Gasteiger charge is -2.16. The van der Waals surface area contributed by atoms with Gasteiger partial charge in [-0.2, -0.15) is 0 Å².